The fourth-order valence-corrected chi connectivity index (χ4v) is 9.40. The van der Waals surface area contributed by atoms with Crippen LogP contribution in [0.15, 0.2) is 34.1 Å². The van der Waals surface area contributed by atoms with Gasteiger partial charge in [0.2, 0.25) is 20.0 Å². The Kier molecular flexibility index (Phi) is 11.1. The van der Waals surface area contributed by atoms with Gasteiger partial charge in [-0.25, -0.2) is 26.3 Å². The molecule has 9 nitrogen and oxygen atoms in total. The van der Waals surface area contributed by atoms with Crippen LogP contribution >= 0.6 is 0 Å². The fourth-order valence-electron chi connectivity index (χ4n) is 6.24. The van der Waals surface area contributed by atoms with E-state index in [0.29, 0.717) is 49.9 Å². The molecule has 0 atom stereocenters. The molecule has 0 radical (unpaired) electrons. The maximum atomic E-state index is 13.7. The van der Waals surface area contributed by atoms with Gasteiger partial charge in [0.25, 0.3) is 0 Å². The predicted octanol–water partition coefficient (Wildman–Crippen LogP) is 5.42. The topological polar surface area (TPSA) is 110 Å². The zero-order valence-electron chi connectivity index (χ0n) is 27.8. The Balaban J connectivity index is 1.75. The van der Waals surface area contributed by atoms with E-state index in [2.05, 4.69) is 18.9 Å². The lowest BCUT2D eigenvalue weighted by molar-refractivity contribution is 0.0390. The Bertz CT molecular complexity index is 1500. The molecule has 1 aromatic heterocycles. The number of aromatic nitrogens is 1. The lowest BCUT2D eigenvalue weighted by Crippen LogP contribution is -2.43. The van der Waals surface area contributed by atoms with Crippen LogP contribution in [0.4, 0.5) is 0 Å². The first-order valence-corrected chi connectivity index (χ1v) is 19.2. The molecule has 2 fully saturated rings. The van der Waals surface area contributed by atoms with Crippen LogP contribution in [0.3, 0.4) is 0 Å². The first-order valence-electron chi connectivity index (χ1n) is 16.2. The number of hydrogen-bond acceptors (Lipinski definition) is 6. The molecule has 2 N–H and O–H groups in total. The summed E-state index contributed by atoms with van der Waals surface area (Å²) < 4.78 is 68.0. The monoisotopic (exact) mass is 650 g/mol. The second-order valence-electron chi connectivity index (χ2n) is 14.2. The van der Waals surface area contributed by atoms with Gasteiger partial charge >= 0.3 is 0 Å². The van der Waals surface area contributed by atoms with Crippen molar-refractivity contribution >= 4 is 20.0 Å². The Hall–Kier alpha value is -1.76. The van der Waals surface area contributed by atoms with Gasteiger partial charge in [0.1, 0.15) is 4.90 Å². The van der Waals surface area contributed by atoms with Crippen LogP contribution in [0.1, 0.15) is 91.3 Å². The molecule has 0 spiro atoms. The maximum Gasteiger partial charge on any atom is 0.242 e. The number of benzene rings is 1. The standard InChI is InChI=1S/C33H54N4O5S2/c1-8-33(6,7)35-44(40,41)30-15-14-27(22-28(30)32(3,4)5)29-23-31(25(2)37(29)24-26-12-10-9-11-13-26)43(38,39)34-16-17-36-18-20-42-21-19-36/h14-15,22-23,26,34-35H,8-13,16-21,24H2,1-7H3. The van der Waals surface area contributed by atoms with Gasteiger partial charge in [0.15, 0.2) is 0 Å². The van der Waals surface area contributed by atoms with E-state index < -0.39 is 31.0 Å². The van der Waals surface area contributed by atoms with E-state index in [1.807, 2.05) is 60.6 Å². The van der Waals surface area contributed by atoms with Crippen LogP contribution in [-0.4, -0.2) is 71.2 Å². The van der Waals surface area contributed by atoms with Crippen LogP contribution < -0.4 is 9.44 Å². The summed E-state index contributed by atoms with van der Waals surface area (Å²) in [4.78, 5) is 2.75. The van der Waals surface area contributed by atoms with Crippen LogP contribution in [0.25, 0.3) is 11.3 Å². The Morgan fingerprint density at radius 2 is 1.57 bits per heavy atom. The molecule has 248 valence electrons. The third-order valence-corrected chi connectivity index (χ3v) is 12.6. The number of hydrogen-bond donors (Lipinski definition) is 2. The van der Waals surface area contributed by atoms with Gasteiger partial charge < -0.3 is 9.30 Å². The maximum absolute atomic E-state index is 13.7. The summed E-state index contributed by atoms with van der Waals surface area (Å²) in [7, 11) is -7.57. The summed E-state index contributed by atoms with van der Waals surface area (Å²) in [5.74, 6) is 0.473. The van der Waals surface area contributed by atoms with Crippen molar-refractivity contribution in [1.29, 1.82) is 0 Å². The minimum absolute atomic E-state index is 0.259. The summed E-state index contributed by atoms with van der Waals surface area (Å²) in [6.07, 6.45) is 6.53. The number of rotatable bonds is 12. The molecule has 1 saturated heterocycles. The second kappa shape index (κ2) is 13.9. The molecular weight excluding hydrogens is 597 g/mol. The largest absolute Gasteiger partial charge is 0.379 e. The van der Waals surface area contributed by atoms with Crippen molar-refractivity contribution in [1.82, 2.24) is 18.9 Å². The molecule has 4 rings (SSSR count). The molecule has 1 aliphatic carbocycles. The van der Waals surface area contributed by atoms with Gasteiger partial charge in [-0.1, -0.05) is 53.0 Å². The molecule has 2 aromatic rings. The SMILES string of the molecule is CCC(C)(C)NS(=O)(=O)c1ccc(-c2cc(S(=O)(=O)NCCN3CCOCC3)c(C)n2CC2CCCCC2)cc1C(C)(C)C. The lowest BCUT2D eigenvalue weighted by atomic mass is 9.85. The Morgan fingerprint density at radius 3 is 2.18 bits per heavy atom. The van der Waals surface area contributed by atoms with Crippen molar-refractivity contribution in [2.24, 2.45) is 5.92 Å². The molecule has 11 heteroatoms. The zero-order valence-corrected chi connectivity index (χ0v) is 29.5. The molecular formula is C33H54N4O5S2. The summed E-state index contributed by atoms with van der Waals surface area (Å²) in [5.41, 5.74) is 1.98. The van der Waals surface area contributed by atoms with Gasteiger partial charge in [0, 0.05) is 49.7 Å². The number of sulfonamides is 2. The quantitative estimate of drug-likeness (QED) is 0.318. The second-order valence-corrected chi connectivity index (χ2v) is 17.6. The van der Waals surface area contributed by atoms with Gasteiger partial charge in [-0.3, -0.25) is 4.90 Å². The summed E-state index contributed by atoms with van der Waals surface area (Å²) in [6, 6.07) is 7.24. The summed E-state index contributed by atoms with van der Waals surface area (Å²) in [6.45, 7) is 18.3. The van der Waals surface area contributed by atoms with E-state index in [9.17, 15) is 16.8 Å². The van der Waals surface area contributed by atoms with Crippen molar-refractivity contribution in [2.75, 3.05) is 39.4 Å². The van der Waals surface area contributed by atoms with Crippen LogP contribution in [0.5, 0.6) is 0 Å². The molecule has 1 aromatic carbocycles. The number of ether oxygens (including phenoxy) is 1. The van der Waals surface area contributed by atoms with E-state index in [4.69, 9.17) is 4.74 Å². The van der Waals surface area contributed by atoms with E-state index >= 15 is 0 Å². The van der Waals surface area contributed by atoms with E-state index in [1.54, 1.807) is 12.1 Å². The van der Waals surface area contributed by atoms with Gasteiger partial charge in [-0.15, -0.1) is 0 Å². The van der Waals surface area contributed by atoms with Crippen molar-refractivity contribution in [3.05, 3.63) is 35.5 Å². The highest BCUT2D eigenvalue weighted by Gasteiger charge is 2.32. The van der Waals surface area contributed by atoms with Gasteiger partial charge in [0.05, 0.1) is 18.1 Å². The summed E-state index contributed by atoms with van der Waals surface area (Å²) in [5, 5.41) is 0. The van der Waals surface area contributed by atoms with E-state index in [0.717, 1.165) is 43.7 Å². The van der Waals surface area contributed by atoms with Gasteiger partial charge in [-0.2, -0.15) is 0 Å². The lowest BCUT2D eigenvalue weighted by Gasteiger charge is -2.28. The highest BCUT2D eigenvalue weighted by molar-refractivity contribution is 7.89. The first-order chi connectivity index (χ1) is 20.5. The fraction of sp³-hybridized carbons (Fsp3) is 0.697. The zero-order chi connectivity index (χ0) is 32.3. The van der Waals surface area contributed by atoms with Crippen molar-refractivity contribution in [3.63, 3.8) is 0 Å². The molecule has 0 bridgehead atoms. The van der Waals surface area contributed by atoms with Crippen molar-refractivity contribution < 1.29 is 21.6 Å². The average molecular weight is 651 g/mol. The van der Waals surface area contributed by atoms with Crippen molar-refractivity contribution in [2.45, 2.75) is 114 Å². The highest BCUT2D eigenvalue weighted by Crippen LogP contribution is 2.37. The van der Waals surface area contributed by atoms with Crippen LogP contribution in [-0.2, 0) is 36.7 Å². The van der Waals surface area contributed by atoms with Crippen LogP contribution in [0, 0.1) is 12.8 Å². The van der Waals surface area contributed by atoms with E-state index in [-0.39, 0.29) is 9.79 Å². The molecule has 2 aliphatic rings. The number of nitrogens with one attached hydrogen (secondary N) is 2. The van der Waals surface area contributed by atoms with Gasteiger partial charge in [-0.05, 0) is 80.7 Å². The molecule has 0 amide bonds. The molecule has 1 saturated carbocycles. The third-order valence-electron chi connectivity index (χ3n) is 9.27. The smallest absolute Gasteiger partial charge is 0.242 e. The molecule has 44 heavy (non-hydrogen) atoms. The molecule has 0 unspecified atom stereocenters. The minimum Gasteiger partial charge on any atom is -0.379 e. The normalized spacial score (nSPS) is 18.2. The highest BCUT2D eigenvalue weighted by atomic mass is 32.2. The number of nitrogens with zero attached hydrogens (tertiary/aromatic N) is 2. The Morgan fingerprint density at radius 1 is 0.909 bits per heavy atom. The molecule has 2 heterocycles. The number of morpholine rings is 1. The summed E-state index contributed by atoms with van der Waals surface area (Å²) >= 11 is 0. The average Bonchev–Trinajstić information content (AvgIpc) is 3.29. The van der Waals surface area contributed by atoms with Crippen LogP contribution in [0.2, 0.25) is 0 Å². The first kappa shape index (κ1) is 35.1. The van der Waals surface area contributed by atoms with E-state index in [1.165, 1.54) is 19.3 Å². The molecule has 1 aliphatic heterocycles. The van der Waals surface area contributed by atoms with Crippen molar-refractivity contribution in [3.8, 4) is 11.3 Å². The minimum atomic E-state index is -3.80. The third kappa shape index (κ3) is 8.53. The Labute approximate surface area is 266 Å². The predicted molar refractivity (Wildman–Crippen MR) is 177 cm³/mol.